The van der Waals surface area contributed by atoms with Gasteiger partial charge in [0.15, 0.2) is 0 Å². The number of halogens is 1. The maximum Gasteiger partial charge on any atom is 0.338 e. The third kappa shape index (κ3) is 5.52. The van der Waals surface area contributed by atoms with Gasteiger partial charge < -0.3 is 14.2 Å². The molecule has 0 spiro atoms. The van der Waals surface area contributed by atoms with Crippen LogP contribution < -0.4 is 13.8 Å². The molecule has 0 atom stereocenters. The summed E-state index contributed by atoms with van der Waals surface area (Å²) in [7, 11) is -0.940. The van der Waals surface area contributed by atoms with E-state index in [9.17, 15) is 13.2 Å². The van der Waals surface area contributed by atoms with Gasteiger partial charge in [0, 0.05) is 12.1 Å². The van der Waals surface area contributed by atoms with Crippen molar-refractivity contribution >= 4 is 33.3 Å². The van der Waals surface area contributed by atoms with Crippen molar-refractivity contribution in [1.29, 1.82) is 0 Å². The first-order valence-electron chi connectivity index (χ1n) is 9.60. The van der Waals surface area contributed by atoms with Crippen LogP contribution in [0, 0.1) is 0 Å². The third-order valence-corrected chi connectivity index (χ3v) is 6.57. The highest BCUT2D eigenvalue weighted by Crippen LogP contribution is 2.30. The van der Waals surface area contributed by atoms with Crippen LogP contribution in [0.5, 0.6) is 11.5 Å². The number of rotatable bonds is 9. The molecule has 0 aliphatic rings. The summed E-state index contributed by atoms with van der Waals surface area (Å²) in [6.45, 7) is 0.185. The van der Waals surface area contributed by atoms with E-state index in [1.807, 2.05) is 0 Å². The highest BCUT2D eigenvalue weighted by atomic mass is 35.5. The largest absolute Gasteiger partial charge is 0.495 e. The summed E-state index contributed by atoms with van der Waals surface area (Å²) in [5.41, 5.74) is 0.629. The zero-order valence-corrected chi connectivity index (χ0v) is 19.1. The van der Waals surface area contributed by atoms with Gasteiger partial charge in [0.2, 0.25) is 0 Å². The van der Waals surface area contributed by atoms with Crippen molar-refractivity contribution < 1.29 is 27.4 Å². The van der Waals surface area contributed by atoms with Gasteiger partial charge in [0.1, 0.15) is 24.7 Å². The van der Waals surface area contributed by atoms with E-state index in [4.69, 9.17) is 25.8 Å². The van der Waals surface area contributed by atoms with Crippen molar-refractivity contribution in [3.05, 3.63) is 83.4 Å². The van der Waals surface area contributed by atoms with E-state index in [-0.39, 0.29) is 23.7 Å². The van der Waals surface area contributed by atoms with Crippen LogP contribution in [0.4, 0.5) is 5.69 Å². The zero-order chi connectivity index (χ0) is 23.1. The van der Waals surface area contributed by atoms with E-state index in [2.05, 4.69) is 0 Å². The summed E-state index contributed by atoms with van der Waals surface area (Å²) in [4.78, 5) is 12.3. The zero-order valence-electron chi connectivity index (χ0n) is 17.5. The Bertz CT molecular complexity index is 1180. The summed E-state index contributed by atoms with van der Waals surface area (Å²) in [5, 5.41) is 0.547. The SMILES string of the molecule is COc1ccccc1N(C)S(=O)(=O)c1ccc(C(=O)OCCOc2cccc(Cl)c2)cc1. The molecule has 0 N–H and O–H groups in total. The molecular weight excluding hydrogens is 454 g/mol. The summed E-state index contributed by atoms with van der Waals surface area (Å²) in [5.74, 6) is 0.419. The van der Waals surface area contributed by atoms with Crippen LogP contribution in [-0.4, -0.2) is 41.8 Å². The van der Waals surface area contributed by atoms with Crippen molar-refractivity contribution in [3.63, 3.8) is 0 Å². The number of hydrogen-bond acceptors (Lipinski definition) is 6. The molecule has 0 unspecified atom stereocenters. The molecule has 0 aliphatic heterocycles. The minimum absolute atomic E-state index is 0.0297. The van der Waals surface area contributed by atoms with Gasteiger partial charge in [-0.25, -0.2) is 13.2 Å². The first-order valence-corrected chi connectivity index (χ1v) is 11.4. The Labute approximate surface area is 192 Å². The van der Waals surface area contributed by atoms with Crippen molar-refractivity contribution in [2.24, 2.45) is 0 Å². The molecule has 32 heavy (non-hydrogen) atoms. The van der Waals surface area contributed by atoms with E-state index < -0.39 is 16.0 Å². The first-order chi connectivity index (χ1) is 15.3. The molecule has 9 heteroatoms. The molecule has 0 fully saturated rings. The molecule has 3 aromatic rings. The van der Waals surface area contributed by atoms with E-state index in [0.29, 0.717) is 22.2 Å². The van der Waals surface area contributed by atoms with Crippen LogP contribution in [0.2, 0.25) is 5.02 Å². The van der Waals surface area contributed by atoms with E-state index in [1.165, 1.54) is 38.4 Å². The van der Waals surface area contributed by atoms with E-state index in [0.717, 1.165) is 4.31 Å². The van der Waals surface area contributed by atoms with Gasteiger partial charge in [0.25, 0.3) is 10.0 Å². The predicted molar refractivity (Wildman–Crippen MR) is 122 cm³/mol. The summed E-state index contributed by atoms with van der Waals surface area (Å²) >= 11 is 5.88. The summed E-state index contributed by atoms with van der Waals surface area (Å²) < 4.78 is 43.0. The lowest BCUT2D eigenvalue weighted by Gasteiger charge is -2.21. The van der Waals surface area contributed by atoms with Gasteiger partial charge in [-0.3, -0.25) is 4.31 Å². The molecule has 168 valence electrons. The minimum atomic E-state index is -3.85. The lowest BCUT2D eigenvalue weighted by atomic mass is 10.2. The fraction of sp³-hybridized carbons (Fsp3) is 0.174. The van der Waals surface area contributed by atoms with Crippen molar-refractivity contribution in [1.82, 2.24) is 0 Å². The van der Waals surface area contributed by atoms with Crippen molar-refractivity contribution in [3.8, 4) is 11.5 Å². The lowest BCUT2D eigenvalue weighted by molar-refractivity contribution is 0.0450. The Kier molecular flexibility index (Phi) is 7.61. The van der Waals surface area contributed by atoms with Gasteiger partial charge in [-0.1, -0.05) is 29.8 Å². The second kappa shape index (κ2) is 10.4. The minimum Gasteiger partial charge on any atom is -0.495 e. The molecule has 0 amide bonds. The second-order valence-corrected chi connectivity index (χ2v) is 9.02. The van der Waals surface area contributed by atoms with Gasteiger partial charge in [-0.15, -0.1) is 0 Å². The maximum atomic E-state index is 13.0. The highest BCUT2D eigenvalue weighted by molar-refractivity contribution is 7.92. The van der Waals surface area contributed by atoms with Gasteiger partial charge >= 0.3 is 5.97 Å². The number of para-hydroxylation sites is 2. The maximum absolute atomic E-state index is 13.0. The molecule has 0 saturated carbocycles. The Balaban J connectivity index is 1.61. The summed E-state index contributed by atoms with van der Waals surface area (Å²) in [6.07, 6.45) is 0. The average Bonchev–Trinajstić information content (AvgIpc) is 2.81. The smallest absolute Gasteiger partial charge is 0.338 e. The highest BCUT2D eigenvalue weighted by Gasteiger charge is 2.24. The topological polar surface area (TPSA) is 82.1 Å². The van der Waals surface area contributed by atoms with Gasteiger partial charge in [0.05, 0.1) is 23.3 Å². The second-order valence-electron chi connectivity index (χ2n) is 6.61. The average molecular weight is 476 g/mol. The molecule has 3 rings (SSSR count). The number of carbonyl (C=O) groups is 1. The Morgan fingerprint density at radius 1 is 0.969 bits per heavy atom. The van der Waals surface area contributed by atoms with E-state index >= 15 is 0 Å². The quantitative estimate of drug-likeness (QED) is 0.337. The van der Waals surface area contributed by atoms with Gasteiger partial charge in [-0.2, -0.15) is 0 Å². The fourth-order valence-corrected chi connectivity index (χ4v) is 4.26. The number of ether oxygens (including phenoxy) is 3. The number of carbonyl (C=O) groups excluding carboxylic acids is 1. The predicted octanol–water partition coefficient (Wildman–Crippen LogP) is 4.41. The first kappa shape index (κ1) is 23.4. The molecule has 0 saturated heterocycles. The molecule has 0 bridgehead atoms. The van der Waals surface area contributed by atoms with Crippen LogP contribution in [0.25, 0.3) is 0 Å². The van der Waals surface area contributed by atoms with Gasteiger partial charge in [-0.05, 0) is 54.6 Å². The molecular formula is C23H22ClNO6S. The third-order valence-electron chi connectivity index (χ3n) is 4.55. The van der Waals surface area contributed by atoms with Crippen LogP contribution in [-0.2, 0) is 14.8 Å². The normalized spacial score (nSPS) is 11.0. The Morgan fingerprint density at radius 3 is 2.38 bits per heavy atom. The van der Waals surface area contributed by atoms with E-state index in [1.54, 1.807) is 48.5 Å². The number of methoxy groups -OCH3 is 1. The van der Waals surface area contributed by atoms with Crippen LogP contribution in [0.1, 0.15) is 10.4 Å². The number of anilines is 1. The van der Waals surface area contributed by atoms with Crippen molar-refractivity contribution in [2.45, 2.75) is 4.90 Å². The Morgan fingerprint density at radius 2 is 1.69 bits per heavy atom. The molecule has 3 aromatic carbocycles. The van der Waals surface area contributed by atoms with Crippen LogP contribution in [0.15, 0.2) is 77.7 Å². The molecule has 7 nitrogen and oxygen atoms in total. The number of nitrogens with zero attached hydrogens (tertiary/aromatic N) is 1. The Hall–Kier alpha value is -3.23. The lowest BCUT2D eigenvalue weighted by Crippen LogP contribution is -2.27. The number of esters is 1. The van der Waals surface area contributed by atoms with Crippen molar-refractivity contribution in [2.75, 3.05) is 31.7 Å². The molecule has 0 heterocycles. The number of hydrogen-bond donors (Lipinski definition) is 0. The molecule has 0 radical (unpaired) electrons. The number of benzene rings is 3. The monoisotopic (exact) mass is 475 g/mol. The molecule has 0 aromatic heterocycles. The standard InChI is InChI=1S/C23H22ClNO6S/c1-25(21-8-3-4-9-22(21)29-2)32(27,28)20-12-10-17(11-13-20)23(26)31-15-14-30-19-7-5-6-18(24)16-19/h3-13,16H,14-15H2,1-2H3. The molecule has 0 aliphatic carbocycles. The summed E-state index contributed by atoms with van der Waals surface area (Å²) in [6, 6.07) is 19.2. The van der Waals surface area contributed by atoms with Crippen LogP contribution in [0.3, 0.4) is 0 Å². The fourth-order valence-electron chi connectivity index (χ4n) is 2.87. The number of sulfonamides is 1. The van der Waals surface area contributed by atoms with Crippen LogP contribution >= 0.6 is 11.6 Å².